The van der Waals surface area contributed by atoms with Crippen LogP contribution in [0.3, 0.4) is 0 Å². The summed E-state index contributed by atoms with van der Waals surface area (Å²) in [5.74, 6) is 0.558. The minimum Gasteiger partial charge on any atom is -0.348 e. The molecule has 1 atom stereocenters. The van der Waals surface area contributed by atoms with Crippen molar-refractivity contribution < 1.29 is 4.79 Å². The Morgan fingerprint density at radius 2 is 2.21 bits per heavy atom. The first-order chi connectivity index (χ1) is 8.99. The minimum atomic E-state index is 0.120. The van der Waals surface area contributed by atoms with Crippen LogP contribution in [0.5, 0.6) is 0 Å². The molecule has 1 aromatic heterocycles. The van der Waals surface area contributed by atoms with Gasteiger partial charge in [-0.05, 0) is 19.9 Å². The molecule has 0 bridgehead atoms. The highest BCUT2D eigenvalue weighted by molar-refractivity contribution is 7.09. The molecule has 0 spiro atoms. The van der Waals surface area contributed by atoms with Gasteiger partial charge in [0.25, 0.3) is 0 Å². The van der Waals surface area contributed by atoms with Gasteiger partial charge in [0.05, 0.1) is 24.2 Å². The zero-order valence-corrected chi connectivity index (χ0v) is 13.6. The molecule has 108 valence electrons. The highest BCUT2D eigenvalue weighted by Gasteiger charge is 2.21. The summed E-state index contributed by atoms with van der Waals surface area (Å²) in [5.41, 5.74) is 0.906. The van der Waals surface area contributed by atoms with E-state index in [1.807, 2.05) is 5.38 Å². The third-order valence-electron chi connectivity index (χ3n) is 2.96. The molecule has 0 N–H and O–H groups in total. The standard InChI is InChI=1S/C13H22ClN3OS/c1-5-6-17(8-12(18)16(3)4)10(2)13-15-11(7-14)9-19-13/h9-10H,5-8H2,1-4H3. The van der Waals surface area contributed by atoms with E-state index in [-0.39, 0.29) is 11.9 Å². The molecular weight excluding hydrogens is 282 g/mol. The molecule has 0 radical (unpaired) electrons. The Bertz CT molecular complexity index is 408. The van der Waals surface area contributed by atoms with E-state index in [9.17, 15) is 4.79 Å². The number of amides is 1. The van der Waals surface area contributed by atoms with E-state index in [1.54, 1.807) is 30.3 Å². The fraction of sp³-hybridized carbons (Fsp3) is 0.692. The van der Waals surface area contributed by atoms with Gasteiger partial charge in [-0.3, -0.25) is 9.69 Å². The summed E-state index contributed by atoms with van der Waals surface area (Å²) in [7, 11) is 3.57. The van der Waals surface area contributed by atoms with E-state index in [1.165, 1.54) is 0 Å². The highest BCUT2D eigenvalue weighted by atomic mass is 35.5. The van der Waals surface area contributed by atoms with E-state index in [4.69, 9.17) is 11.6 Å². The highest BCUT2D eigenvalue weighted by Crippen LogP contribution is 2.24. The maximum atomic E-state index is 11.9. The predicted molar refractivity (Wildman–Crippen MR) is 80.6 cm³/mol. The predicted octanol–water partition coefficient (Wildman–Crippen LogP) is 2.74. The smallest absolute Gasteiger partial charge is 0.236 e. The largest absolute Gasteiger partial charge is 0.348 e. The van der Waals surface area contributed by atoms with Crippen molar-refractivity contribution >= 4 is 28.8 Å². The maximum Gasteiger partial charge on any atom is 0.236 e. The lowest BCUT2D eigenvalue weighted by Gasteiger charge is -2.27. The van der Waals surface area contributed by atoms with Gasteiger partial charge in [-0.15, -0.1) is 22.9 Å². The van der Waals surface area contributed by atoms with Gasteiger partial charge in [-0.25, -0.2) is 4.98 Å². The number of halogens is 1. The lowest BCUT2D eigenvalue weighted by Crippen LogP contribution is -2.38. The van der Waals surface area contributed by atoms with Crippen molar-refractivity contribution in [2.45, 2.75) is 32.2 Å². The molecule has 1 rings (SSSR count). The van der Waals surface area contributed by atoms with Gasteiger partial charge < -0.3 is 4.90 Å². The van der Waals surface area contributed by atoms with Crippen molar-refractivity contribution in [2.24, 2.45) is 0 Å². The van der Waals surface area contributed by atoms with E-state index >= 15 is 0 Å². The summed E-state index contributed by atoms with van der Waals surface area (Å²) in [5, 5.41) is 3.01. The summed E-state index contributed by atoms with van der Waals surface area (Å²) >= 11 is 7.39. The molecule has 0 saturated heterocycles. The molecule has 19 heavy (non-hydrogen) atoms. The summed E-state index contributed by atoms with van der Waals surface area (Å²) < 4.78 is 0. The second-order valence-corrected chi connectivity index (χ2v) is 5.90. The van der Waals surface area contributed by atoms with Crippen LogP contribution in [0.1, 0.15) is 37.0 Å². The van der Waals surface area contributed by atoms with Gasteiger partial charge in [0.15, 0.2) is 0 Å². The monoisotopic (exact) mass is 303 g/mol. The van der Waals surface area contributed by atoms with E-state index in [2.05, 4.69) is 23.7 Å². The number of alkyl halides is 1. The molecule has 0 aromatic carbocycles. The van der Waals surface area contributed by atoms with Crippen molar-refractivity contribution in [1.29, 1.82) is 0 Å². The number of nitrogens with zero attached hydrogens (tertiary/aromatic N) is 3. The number of aromatic nitrogens is 1. The normalized spacial score (nSPS) is 12.7. The average Bonchev–Trinajstić information content (AvgIpc) is 2.85. The third kappa shape index (κ3) is 4.75. The summed E-state index contributed by atoms with van der Waals surface area (Å²) in [6.07, 6.45) is 1.01. The quantitative estimate of drug-likeness (QED) is 0.727. The number of rotatable bonds is 7. The second kappa shape index (κ2) is 7.82. The number of carbonyl (C=O) groups is 1. The number of thiazole rings is 1. The minimum absolute atomic E-state index is 0.120. The first-order valence-corrected chi connectivity index (χ1v) is 7.85. The van der Waals surface area contributed by atoms with Crippen LogP contribution in [-0.2, 0) is 10.7 Å². The van der Waals surface area contributed by atoms with Gasteiger partial charge in [0.2, 0.25) is 5.91 Å². The molecule has 0 aliphatic rings. The molecule has 0 aliphatic heterocycles. The topological polar surface area (TPSA) is 36.4 Å². The zero-order valence-electron chi connectivity index (χ0n) is 12.0. The van der Waals surface area contributed by atoms with E-state index in [0.717, 1.165) is 23.7 Å². The number of likely N-dealkylation sites (N-methyl/N-ethyl adjacent to an activating group) is 1. The van der Waals surface area contributed by atoms with Crippen LogP contribution in [-0.4, -0.2) is 47.9 Å². The SMILES string of the molecule is CCCN(CC(=O)N(C)C)C(C)c1nc(CCl)cs1. The van der Waals surface area contributed by atoms with E-state index < -0.39 is 0 Å². The van der Waals surface area contributed by atoms with Crippen molar-refractivity contribution in [1.82, 2.24) is 14.8 Å². The van der Waals surface area contributed by atoms with Gasteiger partial charge in [-0.2, -0.15) is 0 Å². The molecule has 4 nitrogen and oxygen atoms in total. The van der Waals surface area contributed by atoms with Gasteiger partial charge >= 0.3 is 0 Å². The van der Waals surface area contributed by atoms with Crippen molar-refractivity contribution in [2.75, 3.05) is 27.2 Å². The summed E-state index contributed by atoms with van der Waals surface area (Å²) in [4.78, 5) is 20.2. The van der Waals surface area contributed by atoms with Crippen LogP contribution in [0.2, 0.25) is 0 Å². The first-order valence-electron chi connectivity index (χ1n) is 6.44. The zero-order chi connectivity index (χ0) is 14.4. The van der Waals surface area contributed by atoms with Crippen LogP contribution in [0.15, 0.2) is 5.38 Å². The molecule has 1 aromatic rings. The summed E-state index contributed by atoms with van der Waals surface area (Å²) in [6, 6.07) is 0.144. The van der Waals surface area contributed by atoms with Crippen molar-refractivity contribution in [3.05, 3.63) is 16.1 Å². The fourth-order valence-corrected chi connectivity index (χ4v) is 2.88. The number of hydrogen-bond donors (Lipinski definition) is 0. The lowest BCUT2D eigenvalue weighted by atomic mass is 10.2. The molecular formula is C13H22ClN3OS. The van der Waals surface area contributed by atoms with Crippen molar-refractivity contribution in [3.8, 4) is 0 Å². The Hall–Kier alpha value is -0.650. The van der Waals surface area contributed by atoms with Crippen LogP contribution in [0.25, 0.3) is 0 Å². The summed E-state index contributed by atoms with van der Waals surface area (Å²) in [6.45, 7) is 5.52. The van der Waals surface area contributed by atoms with Gasteiger partial charge in [-0.1, -0.05) is 6.92 Å². The maximum absolute atomic E-state index is 11.9. The Morgan fingerprint density at radius 1 is 1.53 bits per heavy atom. The molecule has 0 aliphatic carbocycles. The Balaban J connectivity index is 2.76. The fourth-order valence-electron chi connectivity index (χ4n) is 1.74. The van der Waals surface area contributed by atoms with Crippen LogP contribution in [0, 0.1) is 0 Å². The van der Waals surface area contributed by atoms with Crippen molar-refractivity contribution in [3.63, 3.8) is 0 Å². The molecule has 0 fully saturated rings. The van der Waals surface area contributed by atoms with Crippen LogP contribution >= 0.6 is 22.9 Å². The van der Waals surface area contributed by atoms with Crippen LogP contribution < -0.4 is 0 Å². The average molecular weight is 304 g/mol. The van der Waals surface area contributed by atoms with Gasteiger partial charge in [0.1, 0.15) is 5.01 Å². The Labute approximate surface area is 124 Å². The number of carbonyl (C=O) groups excluding carboxylic acids is 1. The first kappa shape index (κ1) is 16.4. The molecule has 1 heterocycles. The third-order valence-corrected chi connectivity index (χ3v) is 4.30. The second-order valence-electron chi connectivity index (χ2n) is 4.75. The van der Waals surface area contributed by atoms with E-state index in [0.29, 0.717) is 12.4 Å². The Kier molecular flexibility index (Phi) is 6.75. The van der Waals surface area contributed by atoms with Gasteiger partial charge in [0, 0.05) is 19.5 Å². The molecule has 6 heteroatoms. The Morgan fingerprint density at radius 3 is 2.68 bits per heavy atom. The molecule has 1 amide bonds. The lowest BCUT2D eigenvalue weighted by molar-refractivity contribution is -0.130. The molecule has 1 unspecified atom stereocenters. The van der Waals surface area contributed by atoms with Crippen LogP contribution in [0.4, 0.5) is 0 Å². The number of hydrogen-bond acceptors (Lipinski definition) is 4. The molecule has 0 saturated carbocycles.